The molecule has 0 bridgehead atoms. The van der Waals surface area contributed by atoms with Gasteiger partial charge in [0.15, 0.2) is 0 Å². The molecular weight excluding hydrogens is 398 g/mol. The number of rotatable bonds is 5. The average Bonchev–Trinajstić information content (AvgIpc) is 3.07. The molecule has 2 amide bonds. The van der Waals surface area contributed by atoms with Gasteiger partial charge in [0.1, 0.15) is 17.7 Å². The first kappa shape index (κ1) is 20.7. The number of hydrogen-bond acceptors (Lipinski definition) is 2. The first-order chi connectivity index (χ1) is 14.8. The van der Waals surface area contributed by atoms with Gasteiger partial charge in [-0.1, -0.05) is 42.5 Å². The van der Waals surface area contributed by atoms with Crippen LogP contribution < -0.4 is 5.32 Å². The van der Waals surface area contributed by atoms with Crippen molar-refractivity contribution in [3.63, 3.8) is 0 Å². The maximum absolute atomic E-state index is 13.5. The Balaban J connectivity index is 1.68. The minimum atomic E-state index is -0.873. The van der Waals surface area contributed by atoms with E-state index in [4.69, 9.17) is 0 Å². The molecule has 3 aromatic rings. The van der Waals surface area contributed by atoms with Gasteiger partial charge in [-0.3, -0.25) is 9.59 Å². The number of nitrogens with zero attached hydrogens (tertiary/aromatic N) is 1. The average molecular weight is 420 g/mol. The van der Waals surface area contributed by atoms with Crippen LogP contribution in [0.1, 0.15) is 46.9 Å². The largest absolute Gasteiger partial charge is 0.350 e. The number of benzene rings is 3. The Labute approximate surface area is 179 Å². The van der Waals surface area contributed by atoms with Gasteiger partial charge in [0.05, 0.1) is 5.54 Å². The molecule has 0 aromatic heterocycles. The molecule has 0 fully saturated rings. The zero-order valence-electron chi connectivity index (χ0n) is 17.2. The van der Waals surface area contributed by atoms with E-state index in [1.165, 1.54) is 24.3 Å². The van der Waals surface area contributed by atoms with Crippen molar-refractivity contribution in [1.29, 1.82) is 0 Å². The minimum absolute atomic E-state index is 0.205. The van der Waals surface area contributed by atoms with E-state index in [9.17, 15) is 18.4 Å². The monoisotopic (exact) mass is 420 g/mol. The molecule has 6 heteroatoms. The lowest BCUT2D eigenvalue weighted by molar-refractivity contribution is -0.127. The first-order valence-corrected chi connectivity index (χ1v) is 10.00. The summed E-state index contributed by atoms with van der Waals surface area (Å²) in [6.07, 6.45) is 0. The van der Waals surface area contributed by atoms with Crippen LogP contribution in [0.2, 0.25) is 0 Å². The van der Waals surface area contributed by atoms with Gasteiger partial charge in [-0.15, -0.1) is 0 Å². The van der Waals surface area contributed by atoms with E-state index in [2.05, 4.69) is 5.32 Å². The molecule has 0 radical (unpaired) electrons. The molecule has 1 atom stereocenters. The Morgan fingerprint density at radius 2 is 1.52 bits per heavy atom. The van der Waals surface area contributed by atoms with Crippen molar-refractivity contribution < 1.29 is 18.4 Å². The van der Waals surface area contributed by atoms with Gasteiger partial charge >= 0.3 is 0 Å². The summed E-state index contributed by atoms with van der Waals surface area (Å²) in [4.78, 5) is 28.2. The zero-order chi connectivity index (χ0) is 22.2. The third kappa shape index (κ3) is 3.81. The van der Waals surface area contributed by atoms with Crippen molar-refractivity contribution in [1.82, 2.24) is 10.2 Å². The molecule has 1 aliphatic heterocycles. The lowest BCUT2D eigenvalue weighted by Gasteiger charge is -2.40. The molecule has 3 aromatic carbocycles. The Morgan fingerprint density at radius 1 is 0.935 bits per heavy atom. The lowest BCUT2D eigenvalue weighted by atomic mass is 9.90. The van der Waals surface area contributed by atoms with Crippen molar-refractivity contribution in [3.05, 3.63) is 107 Å². The van der Waals surface area contributed by atoms with Crippen molar-refractivity contribution in [2.75, 3.05) is 0 Å². The third-order valence-corrected chi connectivity index (χ3v) is 5.74. The van der Waals surface area contributed by atoms with Gasteiger partial charge in [0.25, 0.3) is 5.91 Å². The summed E-state index contributed by atoms with van der Waals surface area (Å²) in [5.74, 6) is -1.31. The van der Waals surface area contributed by atoms with Crippen LogP contribution in [0.15, 0.2) is 72.8 Å². The van der Waals surface area contributed by atoms with Gasteiger partial charge in [-0.25, -0.2) is 8.78 Å². The van der Waals surface area contributed by atoms with E-state index in [0.717, 1.165) is 5.56 Å². The Bertz CT molecular complexity index is 1130. The molecule has 0 saturated carbocycles. The molecule has 4 nitrogen and oxygen atoms in total. The molecule has 31 heavy (non-hydrogen) atoms. The van der Waals surface area contributed by atoms with Gasteiger partial charge in [0, 0.05) is 12.1 Å². The fraction of sp³-hybridized carbons (Fsp3) is 0.200. The molecular formula is C25H22F2N2O2. The van der Waals surface area contributed by atoms with Crippen molar-refractivity contribution >= 4 is 11.8 Å². The maximum Gasteiger partial charge on any atom is 0.255 e. The number of fused-ring (bicyclic) bond motifs is 1. The van der Waals surface area contributed by atoms with E-state index < -0.39 is 11.6 Å². The number of halogens is 2. The predicted molar refractivity (Wildman–Crippen MR) is 113 cm³/mol. The number of carbonyl (C=O) groups excluding carboxylic acids is 2. The highest BCUT2D eigenvalue weighted by molar-refractivity contribution is 6.05. The lowest BCUT2D eigenvalue weighted by Crippen LogP contribution is -2.48. The minimum Gasteiger partial charge on any atom is -0.350 e. The van der Waals surface area contributed by atoms with Crippen molar-refractivity contribution in [2.45, 2.75) is 32.0 Å². The normalized spacial score (nSPS) is 15.7. The van der Waals surface area contributed by atoms with Gasteiger partial charge in [-0.05, 0) is 60.9 Å². The molecule has 158 valence electrons. The highest BCUT2D eigenvalue weighted by Gasteiger charge is 2.48. The Kier molecular flexibility index (Phi) is 5.31. The maximum atomic E-state index is 13.5. The van der Waals surface area contributed by atoms with Gasteiger partial charge in [0.2, 0.25) is 5.91 Å². The van der Waals surface area contributed by atoms with Crippen LogP contribution in [0.5, 0.6) is 0 Å². The summed E-state index contributed by atoms with van der Waals surface area (Å²) < 4.78 is 26.6. The second kappa shape index (κ2) is 7.95. The van der Waals surface area contributed by atoms with E-state index in [1.54, 1.807) is 53.4 Å². The van der Waals surface area contributed by atoms with E-state index in [0.29, 0.717) is 16.7 Å². The zero-order valence-corrected chi connectivity index (χ0v) is 17.2. The van der Waals surface area contributed by atoms with Crippen molar-refractivity contribution in [3.8, 4) is 0 Å². The molecule has 0 spiro atoms. The second-order valence-corrected chi connectivity index (χ2v) is 8.08. The summed E-state index contributed by atoms with van der Waals surface area (Å²) in [6.45, 7) is 3.88. The fourth-order valence-corrected chi connectivity index (χ4v) is 4.04. The SMILES string of the molecule is CC(C)(c1ccc(F)cc1)N1C(=O)c2ccccc2C1C(=O)NCc1ccc(F)cc1. The standard InChI is InChI=1S/C25H22F2N2O2/c1-25(2,17-9-13-19(27)14-10-17)29-22(20-5-3-4-6-21(20)24(29)31)23(30)28-15-16-7-11-18(26)12-8-16/h3-14,22H,15H2,1-2H3,(H,28,30). The fourth-order valence-electron chi connectivity index (χ4n) is 4.04. The molecule has 1 N–H and O–H groups in total. The summed E-state index contributed by atoms with van der Waals surface area (Å²) in [7, 11) is 0. The quantitative estimate of drug-likeness (QED) is 0.650. The van der Waals surface area contributed by atoms with E-state index >= 15 is 0 Å². The van der Waals surface area contributed by atoms with E-state index in [-0.39, 0.29) is 30.0 Å². The highest BCUT2D eigenvalue weighted by atomic mass is 19.1. The number of amides is 2. The number of nitrogens with one attached hydrogen (secondary N) is 1. The molecule has 4 rings (SSSR count). The number of hydrogen-bond donors (Lipinski definition) is 1. The summed E-state index contributed by atoms with van der Waals surface area (Å²) in [5.41, 5.74) is 1.68. The molecule has 1 aliphatic rings. The molecule has 1 unspecified atom stereocenters. The van der Waals surface area contributed by atoms with Crippen LogP contribution in [0.3, 0.4) is 0 Å². The third-order valence-electron chi connectivity index (χ3n) is 5.74. The van der Waals surface area contributed by atoms with Gasteiger partial charge < -0.3 is 10.2 Å². The smallest absolute Gasteiger partial charge is 0.255 e. The Hall–Kier alpha value is -3.54. The van der Waals surface area contributed by atoms with E-state index in [1.807, 2.05) is 13.8 Å². The second-order valence-electron chi connectivity index (χ2n) is 8.08. The molecule has 0 saturated heterocycles. The van der Waals surface area contributed by atoms with Crippen LogP contribution in [0, 0.1) is 11.6 Å². The van der Waals surface area contributed by atoms with Crippen LogP contribution in [-0.4, -0.2) is 16.7 Å². The Morgan fingerprint density at radius 3 is 2.16 bits per heavy atom. The summed E-state index contributed by atoms with van der Waals surface area (Å²) in [6, 6.07) is 18.0. The number of carbonyl (C=O) groups is 2. The van der Waals surface area contributed by atoms with Crippen LogP contribution in [0.25, 0.3) is 0 Å². The van der Waals surface area contributed by atoms with Crippen LogP contribution in [0.4, 0.5) is 8.78 Å². The first-order valence-electron chi connectivity index (χ1n) is 10.00. The molecule has 0 aliphatic carbocycles. The van der Waals surface area contributed by atoms with Crippen molar-refractivity contribution in [2.24, 2.45) is 0 Å². The highest BCUT2D eigenvalue weighted by Crippen LogP contribution is 2.43. The molecule has 1 heterocycles. The van der Waals surface area contributed by atoms with Crippen LogP contribution >= 0.6 is 0 Å². The van der Waals surface area contributed by atoms with Gasteiger partial charge in [-0.2, -0.15) is 0 Å². The summed E-state index contributed by atoms with van der Waals surface area (Å²) in [5, 5.41) is 2.87. The van der Waals surface area contributed by atoms with Crippen LogP contribution in [-0.2, 0) is 16.9 Å². The predicted octanol–water partition coefficient (Wildman–Crippen LogP) is 4.71. The topological polar surface area (TPSA) is 49.4 Å². The summed E-state index contributed by atoms with van der Waals surface area (Å²) >= 11 is 0.